The summed E-state index contributed by atoms with van der Waals surface area (Å²) in [5.41, 5.74) is 7.65. The van der Waals surface area contributed by atoms with Gasteiger partial charge < -0.3 is 21.1 Å². The molecule has 33 heavy (non-hydrogen) atoms. The summed E-state index contributed by atoms with van der Waals surface area (Å²) in [6.45, 7) is 5.07. The number of ether oxygens (including phenoxy) is 1. The van der Waals surface area contributed by atoms with E-state index in [4.69, 9.17) is 10.5 Å². The molecule has 1 aliphatic heterocycles. The second-order valence-electron chi connectivity index (χ2n) is 8.32. The Kier molecular flexibility index (Phi) is 11.5. The highest BCUT2D eigenvalue weighted by Gasteiger charge is 2.25. The molecule has 2 aromatic rings. The monoisotopic (exact) mass is 565 g/mol. The summed E-state index contributed by atoms with van der Waals surface area (Å²) in [7, 11) is 1.81. The van der Waals surface area contributed by atoms with Crippen molar-refractivity contribution in [1.82, 2.24) is 15.5 Å². The predicted octanol–water partition coefficient (Wildman–Crippen LogP) is 2.93. The molecule has 0 saturated carbocycles. The lowest BCUT2D eigenvalue weighted by atomic mass is 9.97. The average molecular weight is 566 g/mol. The highest BCUT2D eigenvalue weighted by atomic mass is 127. The van der Waals surface area contributed by atoms with Gasteiger partial charge in [0, 0.05) is 38.8 Å². The smallest absolute Gasteiger partial charge is 0.255 e. The Hall–Kier alpha value is -2.33. The van der Waals surface area contributed by atoms with Crippen LogP contribution < -0.4 is 21.1 Å². The molecule has 0 aromatic heterocycles. The molecule has 3 rings (SSSR count). The van der Waals surface area contributed by atoms with Crippen LogP contribution in [0.4, 0.5) is 0 Å². The number of piperidine rings is 1. The summed E-state index contributed by atoms with van der Waals surface area (Å²) in [6, 6.07) is 19.3. The molecular weight excluding hydrogens is 529 g/mol. The van der Waals surface area contributed by atoms with E-state index >= 15 is 0 Å². The van der Waals surface area contributed by atoms with Crippen LogP contribution in [-0.2, 0) is 17.8 Å². The number of likely N-dealkylation sites (tertiary alicyclic amines) is 1. The Morgan fingerprint density at radius 1 is 1.15 bits per heavy atom. The molecule has 1 aliphatic rings. The first-order valence-corrected chi connectivity index (χ1v) is 11.3. The predicted molar refractivity (Wildman–Crippen MR) is 144 cm³/mol. The van der Waals surface area contributed by atoms with E-state index in [1.807, 2.05) is 31.3 Å². The summed E-state index contributed by atoms with van der Waals surface area (Å²) in [5, 5.41) is 7.01. The lowest BCUT2D eigenvalue weighted by Gasteiger charge is -2.38. The van der Waals surface area contributed by atoms with E-state index in [-0.39, 0.29) is 30.6 Å². The normalized spacial score (nSPS) is 18.8. The maximum Gasteiger partial charge on any atom is 0.255 e. The van der Waals surface area contributed by atoms with E-state index < -0.39 is 5.91 Å². The van der Waals surface area contributed by atoms with Crippen molar-refractivity contribution < 1.29 is 9.53 Å². The number of nitrogens with two attached hydrogens (primary N) is 1. The molecular formula is C25H36IN5O2. The molecule has 0 aliphatic carbocycles. The molecule has 4 N–H and O–H groups in total. The Morgan fingerprint density at radius 3 is 2.52 bits per heavy atom. The SMILES string of the molecule is CN=C(NCCc1ccc(OCC(N)=O)cc1)NC1CCN(Cc2ccccc2)C(C)C1.I. The summed E-state index contributed by atoms with van der Waals surface area (Å²) in [6.07, 6.45) is 3.06. The first kappa shape index (κ1) is 26.9. The minimum Gasteiger partial charge on any atom is -0.484 e. The van der Waals surface area contributed by atoms with Crippen molar-refractivity contribution in [3.05, 3.63) is 65.7 Å². The highest BCUT2D eigenvalue weighted by molar-refractivity contribution is 14.0. The standard InChI is InChI=1S/C25H35N5O2.HI/c1-19-16-22(13-15-30(19)17-21-6-4-3-5-7-21)29-25(27-2)28-14-12-20-8-10-23(11-9-20)32-18-24(26)31;/h3-11,19,22H,12-18H2,1-2H3,(H2,26,31)(H2,27,28,29);1H. The van der Waals surface area contributed by atoms with Crippen LogP contribution in [0.1, 0.15) is 30.9 Å². The van der Waals surface area contributed by atoms with Crippen molar-refractivity contribution in [1.29, 1.82) is 0 Å². The second kappa shape index (κ2) is 14.0. The van der Waals surface area contributed by atoms with Gasteiger partial charge in [0.2, 0.25) is 0 Å². The number of hydrogen-bond donors (Lipinski definition) is 3. The number of carbonyl (C=O) groups is 1. The summed E-state index contributed by atoms with van der Waals surface area (Å²) in [4.78, 5) is 17.7. The van der Waals surface area contributed by atoms with E-state index in [0.29, 0.717) is 17.8 Å². The van der Waals surface area contributed by atoms with Crippen LogP contribution in [0.3, 0.4) is 0 Å². The van der Waals surface area contributed by atoms with Gasteiger partial charge in [-0.15, -0.1) is 24.0 Å². The Balaban J connectivity index is 0.00000385. The fourth-order valence-electron chi connectivity index (χ4n) is 4.02. The molecule has 1 fully saturated rings. The quantitative estimate of drug-likeness (QED) is 0.247. The van der Waals surface area contributed by atoms with Gasteiger partial charge >= 0.3 is 0 Å². The number of carbonyl (C=O) groups excluding carboxylic acids is 1. The molecule has 0 bridgehead atoms. The van der Waals surface area contributed by atoms with Crippen molar-refractivity contribution in [2.24, 2.45) is 10.7 Å². The third-order valence-electron chi connectivity index (χ3n) is 5.82. The van der Waals surface area contributed by atoms with Gasteiger partial charge in [-0.1, -0.05) is 42.5 Å². The highest BCUT2D eigenvalue weighted by Crippen LogP contribution is 2.20. The fraction of sp³-hybridized carbons (Fsp3) is 0.440. The number of nitrogens with one attached hydrogen (secondary N) is 2. The van der Waals surface area contributed by atoms with Gasteiger partial charge in [0.05, 0.1) is 0 Å². The van der Waals surface area contributed by atoms with Crippen molar-refractivity contribution in [3.63, 3.8) is 0 Å². The topological polar surface area (TPSA) is 92.0 Å². The van der Waals surface area contributed by atoms with Gasteiger partial charge in [-0.2, -0.15) is 0 Å². The lowest BCUT2D eigenvalue weighted by molar-refractivity contribution is -0.119. The largest absolute Gasteiger partial charge is 0.484 e. The van der Waals surface area contributed by atoms with E-state index in [1.54, 1.807) is 0 Å². The first-order chi connectivity index (χ1) is 15.5. The van der Waals surface area contributed by atoms with E-state index in [1.165, 1.54) is 11.1 Å². The van der Waals surface area contributed by atoms with Crippen molar-refractivity contribution in [2.75, 3.05) is 26.7 Å². The molecule has 180 valence electrons. The fourth-order valence-corrected chi connectivity index (χ4v) is 4.02. The number of guanidine groups is 1. The maximum atomic E-state index is 10.8. The van der Waals surface area contributed by atoms with Crippen molar-refractivity contribution in [2.45, 2.75) is 44.8 Å². The minimum atomic E-state index is -0.478. The minimum absolute atomic E-state index is 0. The van der Waals surface area contributed by atoms with Crippen LogP contribution in [-0.4, -0.2) is 55.6 Å². The van der Waals surface area contributed by atoms with Crippen molar-refractivity contribution in [3.8, 4) is 5.75 Å². The summed E-state index contributed by atoms with van der Waals surface area (Å²) >= 11 is 0. The number of amides is 1. The second-order valence-corrected chi connectivity index (χ2v) is 8.32. The summed E-state index contributed by atoms with van der Waals surface area (Å²) in [5.74, 6) is 1.01. The average Bonchev–Trinajstić information content (AvgIpc) is 2.80. The lowest BCUT2D eigenvalue weighted by Crippen LogP contribution is -2.51. The molecule has 0 radical (unpaired) electrons. The van der Waals surface area contributed by atoms with Crippen LogP contribution in [0.2, 0.25) is 0 Å². The zero-order valence-electron chi connectivity index (χ0n) is 19.5. The zero-order chi connectivity index (χ0) is 22.8. The number of rotatable bonds is 9. The molecule has 8 heteroatoms. The van der Waals surface area contributed by atoms with Gasteiger partial charge in [-0.05, 0) is 49.4 Å². The van der Waals surface area contributed by atoms with E-state index in [2.05, 4.69) is 57.8 Å². The molecule has 1 amide bonds. The van der Waals surface area contributed by atoms with Gasteiger partial charge in [-0.25, -0.2) is 0 Å². The Morgan fingerprint density at radius 2 is 1.88 bits per heavy atom. The summed E-state index contributed by atoms with van der Waals surface area (Å²) < 4.78 is 5.29. The zero-order valence-corrected chi connectivity index (χ0v) is 21.8. The number of hydrogen-bond acceptors (Lipinski definition) is 4. The van der Waals surface area contributed by atoms with Crippen LogP contribution in [0.25, 0.3) is 0 Å². The number of primary amides is 1. The van der Waals surface area contributed by atoms with Gasteiger partial charge in [-0.3, -0.25) is 14.7 Å². The van der Waals surface area contributed by atoms with Crippen molar-refractivity contribution >= 4 is 35.8 Å². The molecule has 1 saturated heterocycles. The molecule has 2 unspecified atom stereocenters. The molecule has 0 spiro atoms. The Labute approximate surface area is 214 Å². The third kappa shape index (κ3) is 9.21. The number of nitrogens with zero attached hydrogens (tertiary/aromatic N) is 2. The molecule has 2 atom stereocenters. The Bertz CT molecular complexity index is 876. The van der Waals surface area contributed by atoms with Crippen LogP contribution in [0.15, 0.2) is 59.6 Å². The van der Waals surface area contributed by atoms with Crippen LogP contribution in [0, 0.1) is 0 Å². The third-order valence-corrected chi connectivity index (χ3v) is 5.82. The van der Waals surface area contributed by atoms with E-state index in [9.17, 15) is 4.79 Å². The molecule has 1 heterocycles. The van der Waals surface area contributed by atoms with E-state index in [0.717, 1.165) is 44.9 Å². The molecule has 7 nitrogen and oxygen atoms in total. The van der Waals surface area contributed by atoms with Crippen LogP contribution >= 0.6 is 24.0 Å². The number of halogens is 1. The maximum absolute atomic E-state index is 10.8. The molecule has 2 aromatic carbocycles. The first-order valence-electron chi connectivity index (χ1n) is 11.3. The number of aliphatic imine (C=N–C) groups is 1. The van der Waals surface area contributed by atoms with Gasteiger partial charge in [0.15, 0.2) is 12.6 Å². The number of benzene rings is 2. The van der Waals surface area contributed by atoms with Gasteiger partial charge in [0.1, 0.15) is 5.75 Å². The van der Waals surface area contributed by atoms with Gasteiger partial charge in [0.25, 0.3) is 5.91 Å². The van der Waals surface area contributed by atoms with Crippen LogP contribution in [0.5, 0.6) is 5.75 Å².